The summed E-state index contributed by atoms with van der Waals surface area (Å²) >= 11 is 6.32. The fraction of sp³-hybridized carbons (Fsp3) is 0. The molecular weight excluding hydrogens is 389 g/mol. The van der Waals surface area contributed by atoms with E-state index < -0.39 is 6.19 Å². The lowest BCUT2D eigenvalue weighted by Gasteiger charge is -2.24. The van der Waals surface area contributed by atoms with E-state index in [-0.39, 0.29) is 0 Å². The van der Waals surface area contributed by atoms with Gasteiger partial charge in [0.1, 0.15) is 0 Å². The molecule has 3 heteroatoms. The first kappa shape index (κ1) is 18.1. The Morgan fingerprint density at radius 3 is 1.34 bits per heavy atom. The molecule has 0 fully saturated rings. The quantitative estimate of drug-likeness (QED) is 0.383. The SMILES string of the molecule is S=P(NC=C1c2ccccc2-c2ccccc21)(c1ccccc1)c1ccccc1. The van der Waals surface area contributed by atoms with Crippen molar-refractivity contribution in [2.75, 3.05) is 0 Å². The predicted octanol–water partition coefficient (Wildman–Crippen LogP) is 5.69. The summed E-state index contributed by atoms with van der Waals surface area (Å²) in [5.74, 6) is 0. The van der Waals surface area contributed by atoms with Crippen molar-refractivity contribution in [1.82, 2.24) is 5.09 Å². The first-order valence-electron chi connectivity index (χ1n) is 9.66. The Labute approximate surface area is 176 Å². The Balaban J connectivity index is 1.65. The van der Waals surface area contributed by atoms with Gasteiger partial charge in [-0.25, -0.2) is 0 Å². The van der Waals surface area contributed by atoms with E-state index in [0.29, 0.717) is 0 Å². The van der Waals surface area contributed by atoms with Crippen molar-refractivity contribution >= 4 is 34.2 Å². The molecule has 29 heavy (non-hydrogen) atoms. The highest BCUT2D eigenvalue weighted by Crippen LogP contribution is 2.45. The van der Waals surface area contributed by atoms with Crippen LogP contribution in [0.4, 0.5) is 0 Å². The van der Waals surface area contributed by atoms with Gasteiger partial charge in [-0.05, 0) is 22.3 Å². The maximum atomic E-state index is 6.32. The number of fused-ring (bicyclic) bond motifs is 3. The molecule has 140 valence electrons. The second-order valence-electron chi connectivity index (χ2n) is 7.06. The summed E-state index contributed by atoms with van der Waals surface area (Å²) < 4.78 is 0. The van der Waals surface area contributed by atoms with E-state index in [1.807, 2.05) is 12.1 Å². The molecule has 4 aromatic rings. The van der Waals surface area contributed by atoms with E-state index in [0.717, 1.165) is 10.6 Å². The molecule has 0 saturated heterocycles. The fourth-order valence-corrected chi connectivity index (χ4v) is 6.92. The lowest BCUT2D eigenvalue weighted by molar-refractivity contribution is 1.39. The van der Waals surface area contributed by atoms with E-state index in [2.05, 4.69) is 108 Å². The van der Waals surface area contributed by atoms with Crippen LogP contribution in [-0.4, -0.2) is 0 Å². The number of nitrogens with one attached hydrogen (secondary N) is 1. The second kappa shape index (κ2) is 7.48. The molecule has 0 spiro atoms. The van der Waals surface area contributed by atoms with Crippen molar-refractivity contribution in [2.45, 2.75) is 0 Å². The van der Waals surface area contributed by atoms with Crippen LogP contribution in [-0.2, 0) is 11.8 Å². The Hall–Kier alpha value is -2.93. The van der Waals surface area contributed by atoms with Crippen LogP contribution in [0.25, 0.3) is 16.7 Å². The van der Waals surface area contributed by atoms with Gasteiger partial charge in [-0.3, -0.25) is 0 Å². The summed E-state index contributed by atoms with van der Waals surface area (Å²) in [6.07, 6.45) is -0.0491. The van der Waals surface area contributed by atoms with Crippen LogP contribution in [0.1, 0.15) is 11.1 Å². The molecule has 1 aliphatic carbocycles. The van der Waals surface area contributed by atoms with E-state index >= 15 is 0 Å². The van der Waals surface area contributed by atoms with Crippen molar-refractivity contribution in [3.8, 4) is 11.1 Å². The number of hydrogen-bond donors (Lipinski definition) is 1. The van der Waals surface area contributed by atoms with Crippen LogP contribution in [0.3, 0.4) is 0 Å². The fourth-order valence-electron chi connectivity index (χ4n) is 3.94. The third kappa shape index (κ3) is 3.15. The standard InChI is InChI=1S/C26H20NPS/c29-28(20-11-3-1-4-12-20,21-13-5-2-6-14-21)27-19-26-24-17-9-7-15-22(24)23-16-8-10-18-25(23)26/h1-19H,(H,27,29). The number of rotatable bonds is 4. The van der Waals surface area contributed by atoms with Crippen molar-refractivity contribution < 1.29 is 0 Å². The minimum Gasteiger partial charge on any atom is -0.356 e. The summed E-state index contributed by atoms with van der Waals surface area (Å²) in [5, 5.41) is 6.05. The summed E-state index contributed by atoms with van der Waals surface area (Å²) in [4.78, 5) is 0. The molecule has 0 unspecified atom stereocenters. The third-order valence-electron chi connectivity index (χ3n) is 5.35. The highest BCUT2D eigenvalue weighted by atomic mass is 32.4. The predicted molar refractivity (Wildman–Crippen MR) is 129 cm³/mol. The second-order valence-corrected chi connectivity index (χ2v) is 11.2. The molecule has 0 amide bonds. The van der Waals surface area contributed by atoms with Gasteiger partial charge in [0, 0.05) is 22.4 Å². The maximum Gasteiger partial charge on any atom is 0.0899 e. The van der Waals surface area contributed by atoms with Crippen LogP contribution in [0.15, 0.2) is 115 Å². The van der Waals surface area contributed by atoms with Crippen molar-refractivity contribution in [3.05, 3.63) is 127 Å². The van der Waals surface area contributed by atoms with Crippen LogP contribution in [0.5, 0.6) is 0 Å². The van der Waals surface area contributed by atoms with Gasteiger partial charge in [-0.1, -0.05) is 121 Å². The smallest absolute Gasteiger partial charge is 0.0899 e. The van der Waals surface area contributed by atoms with Crippen LogP contribution in [0.2, 0.25) is 0 Å². The van der Waals surface area contributed by atoms with E-state index in [1.54, 1.807) is 0 Å². The van der Waals surface area contributed by atoms with Gasteiger partial charge in [0.25, 0.3) is 0 Å². The summed E-state index contributed by atoms with van der Waals surface area (Å²) in [5.41, 5.74) is 6.28. The highest BCUT2D eigenvalue weighted by Gasteiger charge is 2.25. The van der Waals surface area contributed by atoms with Crippen LogP contribution >= 0.6 is 6.19 Å². The lowest BCUT2D eigenvalue weighted by Crippen LogP contribution is -2.24. The Morgan fingerprint density at radius 1 is 0.517 bits per heavy atom. The average molecular weight is 409 g/mol. The van der Waals surface area contributed by atoms with E-state index in [9.17, 15) is 0 Å². The minimum absolute atomic E-state index is 1.16. The van der Waals surface area contributed by atoms with E-state index in [4.69, 9.17) is 11.8 Å². The molecular formula is C26H20NPS. The van der Waals surface area contributed by atoms with Crippen molar-refractivity contribution in [1.29, 1.82) is 0 Å². The Morgan fingerprint density at radius 2 is 0.897 bits per heavy atom. The molecule has 0 saturated carbocycles. The van der Waals surface area contributed by atoms with Crippen LogP contribution in [0, 0.1) is 0 Å². The number of hydrogen-bond acceptors (Lipinski definition) is 1. The minimum atomic E-state index is -2.19. The molecule has 5 rings (SSSR count). The van der Waals surface area contributed by atoms with Gasteiger partial charge in [0.05, 0.1) is 6.19 Å². The topological polar surface area (TPSA) is 12.0 Å². The molecule has 0 bridgehead atoms. The van der Waals surface area contributed by atoms with Gasteiger partial charge in [0.2, 0.25) is 0 Å². The van der Waals surface area contributed by atoms with Gasteiger partial charge >= 0.3 is 0 Å². The van der Waals surface area contributed by atoms with Crippen molar-refractivity contribution in [2.24, 2.45) is 0 Å². The zero-order valence-electron chi connectivity index (χ0n) is 15.8. The maximum absolute atomic E-state index is 6.32. The van der Waals surface area contributed by atoms with Crippen LogP contribution < -0.4 is 15.7 Å². The molecule has 1 aliphatic rings. The molecule has 4 aromatic carbocycles. The number of benzene rings is 4. The lowest BCUT2D eigenvalue weighted by atomic mass is 10.1. The monoisotopic (exact) mass is 409 g/mol. The van der Waals surface area contributed by atoms with Gasteiger partial charge < -0.3 is 5.09 Å². The molecule has 0 atom stereocenters. The first-order valence-corrected chi connectivity index (χ1v) is 12.5. The van der Waals surface area contributed by atoms with Gasteiger partial charge in [-0.15, -0.1) is 0 Å². The Kier molecular flexibility index (Phi) is 4.67. The third-order valence-corrected chi connectivity index (χ3v) is 9.48. The summed E-state index contributed by atoms with van der Waals surface area (Å²) in [7, 11) is 0. The van der Waals surface area contributed by atoms with Gasteiger partial charge in [-0.2, -0.15) is 0 Å². The summed E-state index contributed by atoms with van der Waals surface area (Å²) in [6, 6.07) is 38.0. The molecule has 0 aliphatic heterocycles. The van der Waals surface area contributed by atoms with Crippen molar-refractivity contribution in [3.63, 3.8) is 0 Å². The highest BCUT2D eigenvalue weighted by molar-refractivity contribution is 8.21. The summed E-state index contributed by atoms with van der Waals surface area (Å²) in [6.45, 7) is 0. The molecule has 0 heterocycles. The average Bonchev–Trinajstić information content (AvgIpc) is 3.12. The molecule has 1 nitrogen and oxygen atoms in total. The van der Waals surface area contributed by atoms with E-state index in [1.165, 1.54) is 27.8 Å². The molecule has 0 aromatic heterocycles. The molecule has 1 N–H and O–H groups in total. The zero-order chi connectivity index (χ0) is 19.7. The first-order chi connectivity index (χ1) is 14.3. The zero-order valence-corrected chi connectivity index (χ0v) is 17.5. The molecule has 0 radical (unpaired) electrons. The van der Waals surface area contributed by atoms with Gasteiger partial charge in [0.15, 0.2) is 0 Å². The Bertz CT molecular complexity index is 1150. The normalized spacial score (nSPS) is 12.2. The largest absolute Gasteiger partial charge is 0.356 e.